The van der Waals surface area contributed by atoms with Gasteiger partial charge < -0.3 is 14.2 Å². The molecular weight excluding hydrogens is 184 g/mol. The number of ether oxygens (including phenoxy) is 3. The van der Waals surface area contributed by atoms with Gasteiger partial charge >= 0.3 is 6.16 Å². The first kappa shape index (κ1) is 13.2. The SMILES string of the molecule is CCCCOC(CC)OC(=O)OCC. The molecule has 0 rings (SSSR count). The Balaban J connectivity index is 3.61. The topological polar surface area (TPSA) is 44.8 Å². The molecule has 0 saturated heterocycles. The molecule has 4 nitrogen and oxygen atoms in total. The Labute approximate surface area is 85.5 Å². The molecular formula is C10H20O4. The van der Waals surface area contributed by atoms with Crippen molar-refractivity contribution in [2.24, 2.45) is 0 Å². The summed E-state index contributed by atoms with van der Waals surface area (Å²) >= 11 is 0. The normalized spacial score (nSPS) is 12.2. The van der Waals surface area contributed by atoms with Crippen molar-refractivity contribution in [3.63, 3.8) is 0 Å². The van der Waals surface area contributed by atoms with Crippen molar-refractivity contribution >= 4 is 6.16 Å². The summed E-state index contributed by atoms with van der Waals surface area (Å²) in [6, 6.07) is 0. The van der Waals surface area contributed by atoms with Crippen molar-refractivity contribution in [3.8, 4) is 0 Å². The lowest BCUT2D eigenvalue weighted by molar-refractivity contribution is -0.123. The van der Waals surface area contributed by atoms with Crippen LogP contribution in [0, 0.1) is 0 Å². The van der Waals surface area contributed by atoms with E-state index in [0.29, 0.717) is 19.6 Å². The van der Waals surface area contributed by atoms with Gasteiger partial charge in [-0.3, -0.25) is 0 Å². The van der Waals surface area contributed by atoms with E-state index in [4.69, 9.17) is 9.47 Å². The highest BCUT2D eigenvalue weighted by atomic mass is 16.8. The molecule has 0 aromatic heterocycles. The van der Waals surface area contributed by atoms with Crippen LogP contribution in [0.1, 0.15) is 40.0 Å². The maximum Gasteiger partial charge on any atom is 0.510 e. The second-order valence-electron chi connectivity index (χ2n) is 2.86. The zero-order valence-corrected chi connectivity index (χ0v) is 9.25. The van der Waals surface area contributed by atoms with E-state index >= 15 is 0 Å². The summed E-state index contributed by atoms with van der Waals surface area (Å²) in [6.45, 7) is 6.66. The molecule has 4 heteroatoms. The lowest BCUT2D eigenvalue weighted by atomic mass is 10.3. The predicted octanol–water partition coefficient (Wildman–Crippen LogP) is 2.71. The lowest BCUT2D eigenvalue weighted by Crippen LogP contribution is -2.21. The zero-order chi connectivity index (χ0) is 10.8. The summed E-state index contributed by atoms with van der Waals surface area (Å²) in [5.41, 5.74) is 0. The molecule has 84 valence electrons. The maximum absolute atomic E-state index is 10.9. The molecule has 0 fully saturated rings. The number of carbonyl (C=O) groups excluding carboxylic acids is 1. The van der Waals surface area contributed by atoms with Gasteiger partial charge in [-0.1, -0.05) is 20.3 Å². The lowest BCUT2D eigenvalue weighted by Gasteiger charge is -2.15. The van der Waals surface area contributed by atoms with Crippen LogP contribution in [0.3, 0.4) is 0 Å². The number of hydrogen-bond acceptors (Lipinski definition) is 4. The highest BCUT2D eigenvalue weighted by molar-refractivity contribution is 5.59. The van der Waals surface area contributed by atoms with E-state index in [1.54, 1.807) is 6.92 Å². The van der Waals surface area contributed by atoms with Crippen molar-refractivity contribution in [1.82, 2.24) is 0 Å². The van der Waals surface area contributed by atoms with Gasteiger partial charge in [-0.2, -0.15) is 0 Å². The predicted molar refractivity (Wildman–Crippen MR) is 53.0 cm³/mol. The smallest absolute Gasteiger partial charge is 0.435 e. The largest absolute Gasteiger partial charge is 0.510 e. The molecule has 0 aromatic rings. The monoisotopic (exact) mass is 204 g/mol. The fourth-order valence-electron chi connectivity index (χ4n) is 0.854. The fourth-order valence-corrected chi connectivity index (χ4v) is 0.854. The van der Waals surface area contributed by atoms with Gasteiger partial charge in [0.25, 0.3) is 0 Å². The van der Waals surface area contributed by atoms with E-state index in [1.165, 1.54) is 0 Å². The Morgan fingerprint density at radius 3 is 2.50 bits per heavy atom. The van der Waals surface area contributed by atoms with Gasteiger partial charge in [-0.25, -0.2) is 4.79 Å². The van der Waals surface area contributed by atoms with Gasteiger partial charge in [-0.15, -0.1) is 0 Å². The summed E-state index contributed by atoms with van der Waals surface area (Å²) in [7, 11) is 0. The minimum absolute atomic E-state index is 0.324. The summed E-state index contributed by atoms with van der Waals surface area (Å²) < 4.78 is 14.9. The van der Waals surface area contributed by atoms with Crippen LogP contribution in [0.25, 0.3) is 0 Å². The average molecular weight is 204 g/mol. The Morgan fingerprint density at radius 1 is 1.29 bits per heavy atom. The molecule has 0 radical (unpaired) electrons. The second kappa shape index (κ2) is 8.81. The first-order chi connectivity index (χ1) is 6.74. The van der Waals surface area contributed by atoms with Gasteiger partial charge in [-0.05, 0) is 13.3 Å². The number of carbonyl (C=O) groups is 1. The third kappa shape index (κ3) is 6.71. The van der Waals surface area contributed by atoms with Crippen LogP contribution in [0.2, 0.25) is 0 Å². The standard InChI is InChI=1S/C10H20O4/c1-4-7-8-13-9(5-2)14-10(11)12-6-3/h9H,4-8H2,1-3H3. The van der Waals surface area contributed by atoms with Crippen LogP contribution in [0.15, 0.2) is 0 Å². The highest BCUT2D eigenvalue weighted by Gasteiger charge is 2.12. The van der Waals surface area contributed by atoms with Crippen LogP contribution in [-0.4, -0.2) is 25.7 Å². The number of unbranched alkanes of at least 4 members (excludes halogenated alkanes) is 1. The Morgan fingerprint density at radius 2 is 2.00 bits per heavy atom. The molecule has 0 amide bonds. The Kier molecular flexibility index (Phi) is 8.33. The zero-order valence-electron chi connectivity index (χ0n) is 9.25. The third-order valence-corrected chi connectivity index (χ3v) is 1.62. The maximum atomic E-state index is 10.9. The van der Waals surface area contributed by atoms with E-state index in [1.807, 2.05) is 6.92 Å². The van der Waals surface area contributed by atoms with Crippen molar-refractivity contribution in [2.45, 2.75) is 46.3 Å². The van der Waals surface area contributed by atoms with Crippen molar-refractivity contribution < 1.29 is 19.0 Å². The second-order valence-corrected chi connectivity index (χ2v) is 2.86. The van der Waals surface area contributed by atoms with Gasteiger partial charge in [0.15, 0.2) is 0 Å². The highest BCUT2D eigenvalue weighted by Crippen LogP contribution is 2.03. The molecule has 1 atom stereocenters. The number of rotatable bonds is 7. The molecule has 1 unspecified atom stereocenters. The number of hydrogen-bond donors (Lipinski definition) is 0. The first-order valence-electron chi connectivity index (χ1n) is 5.19. The molecule has 0 aromatic carbocycles. The van der Waals surface area contributed by atoms with Crippen LogP contribution in [0.4, 0.5) is 4.79 Å². The Bertz CT molecular complexity index is 147. The molecule has 0 bridgehead atoms. The fraction of sp³-hybridized carbons (Fsp3) is 0.900. The average Bonchev–Trinajstić information content (AvgIpc) is 2.17. The summed E-state index contributed by atoms with van der Waals surface area (Å²) in [6.07, 6.45) is 1.55. The summed E-state index contributed by atoms with van der Waals surface area (Å²) in [5.74, 6) is 0. The van der Waals surface area contributed by atoms with E-state index in [-0.39, 0.29) is 0 Å². The third-order valence-electron chi connectivity index (χ3n) is 1.62. The Hall–Kier alpha value is -0.770. The minimum atomic E-state index is -0.657. The van der Waals surface area contributed by atoms with E-state index in [9.17, 15) is 4.79 Å². The molecule has 0 aliphatic rings. The molecule has 0 aliphatic heterocycles. The summed E-state index contributed by atoms with van der Waals surface area (Å²) in [4.78, 5) is 10.9. The quantitative estimate of drug-likeness (QED) is 0.363. The molecule has 0 N–H and O–H groups in total. The van der Waals surface area contributed by atoms with Crippen LogP contribution < -0.4 is 0 Å². The van der Waals surface area contributed by atoms with Gasteiger partial charge in [0.2, 0.25) is 6.29 Å². The van der Waals surface area contributed by atoms with E-state index in [2.05, 4.69) is 11.7 Å². The van der Waals surface area contributed by atoms with Crippen molar-refractivity contribution in [2.75, 3.05) is 13.2 Å². The first-order valence-corrected chi connectivity index (χ1v) is 5.19. The van der Waals surface area contributed by atoms with E-state index in [0.717, 1.165) is 12.8 Å². The summed E-state index contributed by atoms with van der Waals surface area (Å²) in [5, 5.41) is 0. The van der Waals surface area contributed by atoms with Crippen LogP contribution in [-0.2, 0) is 14.2 Å². The van der Waals surface area contributed by atoms with Gasteiger partial charge in [0, 0.05) is 6.42 Å². The van der Waals surface area contributed by atoms with Crippen LogP contribution >= 0.6 is 0 Å². The van der Waals surface area contributed by atoms with Gasteiger partial charge in [0.1, 0.15) is 0 Å². The van der Waals surface area contributed by atoms with Crippen molar-refractivity contribution in [3.05, 3.63) is 0 Å². The molecule has 0 aliphatic carbocycles. The molecule has 0 saturated carbocycles. The molecule has 14 heavy (non-hydrogen) atoms. The molecule has 0 spiro atoms. The van der Waals surface area contributed by atoms with Gasteiger partial charge in [0.05, 0.1) is 13.2 Å². The van der Waals surface area contributed by atoms with Crippen molar-refractivity contribution in [1.29, 1.82) is 0 Å². The molecule has 0 heterocycles. The minimum Gasteiger partial charge on any atom is -0.435 e. The van der Waals surface area contributed by atoms with Crippen LogP contribution in [0.5, 0.6) is 0 Å². The van der Waals surface area contributed by atoms with E-state index < -0.39 is 12.4 Å².